The summed E-state index contributed by atoms with van der Waals surface area (Å²) in [6.45, 7) is 1.69. The molecule has 0 aliphatic heterocycles. The maximum absolute atomic E-state index is 12.3. The minimum Gasteiger partial charge on any atom is -0.478 e. The Labute approximate surface area is 122 Å². The fourth-order valence-corrected chi connectivity index (χ4v) is 3.18. The molecule has 0 unspecified atom stereocenters. The Morgan fingerprint density at radius 1 is 1.19 bits per heavy atom. The quantitative estimate of drug-likeness (QED) is 0.749. The smallest absolute Gasteiger partial charge is 0.335 e. The van der Waals surface area contributed by atoms with Gasteiger partial charge in [-0.2, -0.15) is 0 Å². The van der Waals surface area contributed by atoms with Gasteiger partial charge in [-0.25, -0.2) is 13.2 Å². The molecule has 0 bridgehead atoms. The van der Waals surface area contributed by atoms with Gasteiger partial charge in [-0.05, 0) is 36.8 Å². The summed E-state index contributed by atoms with van der Waals surface area (Å²) in [5.74, 6) is -1.13. The summed E-state index contributed by atoms with van der Waals surface area (Å²) in [4.78, 5) is 11.0. The molecule has 0 aliphatic carbocycles. The third-order valence-corrected chi connectivity index (χ3v) is 4.45. The van der Waals surface area contributed by atoms with Crippen LogP contribution >= 0.6 is 0 Å². The summed E-state index contributed by atoms with van der Waals surface area (Å²) in [7, 11) is -3.78. The molecule has 0 amide bonds. The lowest BCUT2D eigenvalue weighted by Gasteiger charge is -2.12. The minimum atomic E-state index is -3.78. The van der Waals surface area contributed by atoms with E-state index in [-0.39, 0.29) is 21.8 Å². The first-order valence-corrected chi connectivity index (χ1v) is 7.51. The largest absolute Gasteiger partial charge is 0.478 e. The number of anilines is 2. The second kappa shape index (κ2) is 5.45. The van der Waals surface area contributed by atoms with E-state index in [1.54, 1.807) is 25.1 Å². The van der Waals surface area contributed by atoms with Crippen molar-refractivity contribution in [1.29, 1.82) is 0 Å². The van der Waals surface area contributed by atoms with Crippen molar-refractivity contribution in [3.8, 4) is 0 Å². The number of nitrogens with one attached hydrogen (secondary N) is 1. The standard InChI is InChI=1S/C14H14N2O4S/c1-9-4-2-3-5-13(9)21(19,20)16-12-7-6-10(14(17)18)8-11(12)15/h2-8,16H,15H2,1H3,(H,17,18). The predicted octanol–water partition coefficient (Wildman–Crippen LogP) is 2.08. The highest BCUT2D eigenvalue weighted by Gasteiger charge is 2.18. The number of nitrogens with two attached hydrogens (primary N) is 1. The van der Waals surface area contributed by atoms with Gasteiger partial charge in [0.05, 0.1) is 21.8 Å². The van der Waals surface area contributed by atoms with Crippen molar-refractivity contribution in [2.45, 2.75) is 11.8 Å². The van der Waals surface area contributed by atoms with Crippen molar-refractivity contribution >= 4 is 27.4 Å². The molecule has 0 saturated carbocycles. The summed E-state index contributed by atoms with van der Waals surface area (Å²) in [5.41, 5.74) is 6.48. The van der Waals surface area contributed by atoms with E-state index < -0.39 is 16.0 Å². The number of aromatic carboxylic acids is 1. The van der Waals surface area contributed by atoms with Crippen LogP contribution in [-0.2, 0) is 10.0 Å². The van der Waals surface area contributed by atoms with Crippen LogP contribution in [0.5, 0.6) is 0 Å². The Morgan fingerprint density at radius 2 is 1.86 bits per heavy atom. The van der Waals surface area contributed by atoms with Crippen LogP contribution in [0.3, 0.4) is 0 Å². The highest BCUT2D eigenvalue weighted by atomic mass is 32.2. The molecule has 0 aromatic heterocycles. The highest BCUT2D eigenvalue weighted by molar-refractivity contribution is 7.92. The van der Waals surface area contributed by atoms with Crippen LogP contribution in [0.15, 0.2) is 47.4 Å². The van der Waals surface area contributed by atoms with Gasteiger partial charge in [0, 0.05) is 0 Å². The van der Waals surface area contributed by atoms with Crippen LogP contribution in [0.25, 0.3) is 0 Å². The van der Waals surface area contributed by atoms with E-state index in [1.807, 2.05) is 0 Å². The van der Waals surface area contributed by atoms with Gasteiger partial charge in [-0.15, -0.1) is 0 Å². The van der Waals surface area contributed by atoms with Crippen LogP contribution in [-0.4, -0.2) is 19.5 Å². The summed E-state index contributed by atoms with van der Waals surface area (Å²) in [6, 6.07) is 10.4. The van der Waals surface area contributed by atoms with Gasteiger partial charge in [0.2, 0.25) is 0 Å². The molecule has 0 heterocycles. The van der Waals surface area contributed by atoms with E-state index in [9.17, 15) is 13.2 Å². The van der Waals surface area contributed by atoms with Gasteiger partial charge in [0.25, 0.3) is 10.0 Å². The van der Waals surface area contributed by atoms with Gasteiger partial charge in [0.15, 0.2) is 0 Å². The van der Waals surface area contributed by atoms with Gasteiger partial charge in [-0.1, -0.05) is 18.2 Å². The number of hydrogen-bond donors (Lipinski definition) is 3. The van der Waals surface area contributed by atoms with E-state index in [2.05, 4.69) is 4.72 Å². The molecule has 7 heteroatoms. The molecule has 2 aromatic rings. The van der Waals surface area contributed by atoms with Crippen molar-refractivity contribution in [3.63, 3.8) is 0 Å². The van der Waals surface area contributed by atoms with E-state index >= 15 is 0 Å². The zero-order chi connectivity index (χ0) is 15.6. The Hall–Kier alpha value is -2.54. The number of rotatable bonds is 4. The number of benzene rings is 2. The van der Waals surface area contributed by atoms with Crippen LogP contribution in [0.1, 0.15) is 15.9 Å². The summed E-state index contributed by atoms with van der Waals surface area (Å²) >= 11 is 0. The molecule has 2 rings (SSSR count). The molecule has 0 fully saturated rings. The van der Waals surface area contributed by atoms with Gasteiger partial charge in [0.1, 0.15) is 0 Å². The first-order valence-electron chi connectivity index (χ1n) is 6.02. The fraction of sp³-hybridized carbons (Fsp3) is 0.0714. The molecule has 6 nitrogen and oxygen atoms in total. The highest BCUT2D eigenvalue weighted by Crippen LogP contribution is 2.24. The predicted molar refractivity (Wildman–Crippen MR) is 79.8 cm³/mol. The SMILES string of the molecule is Cc1ccccc1S(=O)(=O)Nc1ccc(C(=O)O)cc1N. The van der Waals surface area contributed by atoms with Gasteiger partial charge >= 0.3 is 5.97 Å². The van der Waals surface area contributed by atoms with E-state index in [0.717, 1.165) is 0 Å². The third kappa shape index (κ3) is 3.14. The second-order valence-electron chi connectivity index (χ2n) is 4.48. The number of sulfonamides is 1. The second-order valence-corrected chi connectivity index (χ2v) is 6.13. The van der Waals surface area contributed by atoms with Crippen molar-refractivity contribution in [2.24, 2.45) is 0 Å². The lowest BCUT2D eigenvalue weighted by atomic mass is 10.2. The lowest BCUT2D eigenvalue weighted by Crippen LogP contribution is -2.15. The normalized spacial score (nSPS) is 11.1. The zero-order valence-corrected chi connectivity index (χ0v) is 12.0. The molecule has 4 N–H and O–H groups in total. The molecule has 110 valence electrons. The van der Waals surface area contributed by atoms with E-state index in [1.165, 1.54) is 24.3 Å². The van der Waals surface area contributed by atoms with Crippen LogP contribution < -0.4 is 10.5 Å². The maximum atomic E-state index is 12.3. The zero-order valence-electron chi connectivity index (χ0n) is 11.2. The van der Waals surface area contributed by atoms with Crippen molar-refractivity contribution in [1.82, 2.24) is 0 Å². The number of carboxylic acids is 1. The molecule has 2 aromatic carbocycles. The first-order chi connectivity index (χ1) is 9.81. The average molecular weight is 306 g/mol. The molecular weight excluding hydrogens is 292 g/mol. The number of hydrogen-bond acceptors (Lipinski definition) is 4. The minimum absolute atomic E-state index is 0.00802. The van der Waals surface area contributed by atoms with Crippen LogP contribution in [0.4, 0.5) is 11.4 Å². The van der Waals surface area contributed by atoms with E-state index in [4.69, 9.17) is 10.8 Å². The van der Waals surface area contributed by atoms with Gasteiger partial charge in [-0.3, -0.25) is 4.72 Å². The Morgan fingerprint density at radius 3 is 2.43 bits per heavy atom. The third-order valence-electron chi connectivity index (χ3n) is 2.93. The number of carboxylic acid groups (broad SMARTS) is 1. The van der Waals surface area contributed by atoms with Crippen LogP contribution in [0.2, 0.25) is 0 Å². The Balaban J connectivity index is 2.38. The molecule has 0 saturated heterocycles. The maximum Gasteiger partial charge on any atom is 0.335 e. The topological polar surface area (TPSA) is 109 Å². The fourth-order valence-electron chi connectivity index (χ4n) is 1.85. The number of aryl methyl sites for hydroxylation is 1. The lowest BCUT2D eigenvalue weighted by molar-refractivity contribution is 0.0697. The van der Waals surface area contributed by atoms with Crippen LogP contribution in [0, 0.1) is 6.92 Å². The van der Waals surface area contributed by atoms with Crippen molar-refractivity contribution < 1.29 is 18.3 Å². The first kappa shape index (κ1) is 14.9. The number of carbonyl (C=O) groups is 1. The summed E-state index contributed by atoms with van der Waals surface area (Å²) in [5, 5.41) is 8.85. The molecule has 21 heavy (non-hydrogen) atoms. The Bertz CT molecular complexity index is 800. The summed E-state index contributed by atoms with van der Waals surface area (Å²) in [6.07, 6.45) is 0. The monoisotopic (exact) mass is 306 g/mol. The van der Waals surface area contributed by atoms with Crippen molar-refractivity contribution in [2.75, 3.05) is 10.5 Å². The Kier molecular flexibility index (Phi) is 3.86. The average Bonchev–Trinajstić information content (AvgIpc) is 2.41. The number of nitrogen functional groups attached to an aromatic ring is 1. The van der Waals surface area contributed by atoms with E-state index in [0.29, 0.717) is 5.56 Å². The molecule has 0 spiro atoms. The molecule has 0 radical (unpaired) electrons. The summed E-state index contributed by atoms with van der Waals surface area (Å²) < 4.78 is 27.0. The molecular formula is C14H14N2O4S. The molecule has 0 atom stereocenters. The van der Waals surface area contributed by atoms with Gasteiger partial charge < -0.3 is 10.8 Å². The molecule has 0 aliphatic rings. The van der Waals surface area contributed by atoms with Crippen molar-refractivity contribution in [3.05, 3.63) is 53.6 Å².